The number of hydrogen-bond donors (Lipinski definition) is 0. The monoisotopic (exact) mass is 508 g/mol. The van der Waals surface area contributed by atoms with E-state index in [0.717, 1.165) is 9.79 Å². The summed E-state index contributed by atoms with van der Waals surface area (Å²) in [6, 6.07) is 15.0. The van der Waals surface area contributed by atoms with Gasteiger partial charge in [-0.3, -0.25) is 0 Å². The van der Waals surface area contributed by atoms with Crippen LogP contribution in [0.15, 0.2) is 58.3 Å². The van der Waals surface area contributed by atoms with Crippen molar-refractivity contribution in [2.75, 3.05) is 28.4 Å². The summed E-state index contributed by atoms with van der Waals surface area (Å²) in [5, 5.41) is 0. The number of rotatable bonds is 10. The molecule has 0 heterocycles. The third-order valence-corrected chi connectivity index (χ3v) is 9.12. The van der Waals surface area contributed by atoms with Crippen LogP contribution in [0, 0.1) is 0 Å². The summed E-state index contributed by atoms with van der Waals surface area (Å²) in [6.07, 6.45) is 0. The van der Waals surface area contributed by atoms with Crippen LogP contribution >= 0.6 is 25.2 Å². The molecule has 0 bridgehead atoms. The molecule has 0 N–H and O–H groups in total. The third kappa shape index (κ3) is 8.14. The average Bonchev–Trinajstić information content (AvgIpc) is 2.70. The fraction of sp³-hybridized carbons (Fsp3) is 0.250. The van der Waals surface area contributed by atoms with Gasteiger partial charge in [-0.05, 0) is 48.5 Å². The van der Waals surface area contributed by atoms with Crippen LogP contribution in [0.2, 0.25) is 0 Å². The van der Waals surface area contributed by atoms with Crippen LogP contribution < -0.4 is 9.05 Å². The average molecular weight is 509 g/mol. The van der Waals surface area contributed by atoms with Crippen molar-refractivity contribution in [1.82, 2.24) is 0 Å². The van der Waals surface area contributed by atoms with Crippen molar-refractivity contribution in [3.05, 3.63) is 48.5 Å². The molecule has 0 fully saturated rings. The van der Waals surface area contributed by atoms with Gasteiger partial charge in [0.2, 0.25) is 0 Å². The Bertz CT molecular complexity index is 750. The van der Waals surface area contributed by atoms with E-state index < -0.39 is 13.4 Å². The second-order valence-corrected chi connectivity index (χ2v) is 12.3. The van der Waals surface area contributed by atoms with E-state index in [1.807, 2.05) is 48.5 Å². The molecule has 28 heavy (non-hydrogen) atoms. The van der Waals surface area contributed by atoms with Crippen molar-refractivity contribution in [3.63, 3.8) is 0 Å². The van der Waals surface area contributed by atoms with Gasteiger partial charge in [-0.15, -0.1) is 0 Å². The molecule has 0 saturated heterocycles. The summed E-state index contributed by atoms with van der Waals surface area (Å²) in [5.74, 6) is 1.19. The van der Waals surface area contributed by atoms with Crippen LogP contribution in [0.25, 0.3) is 0 Å². The molecule has 0 aliphatic rings. The molecule has 6 nitrogen and oxygen atoms in total. The first-order valence-electron chi connectivity index (χ1n) is 7.55. The minimum atomic E-state index is -2.73. The van der Waals surface area contributed by atoms with Crippen LogP contribution in [0.3, 0.4) is 0 Å². The topological polar surface area (TPSA) is 55.4 Å². The summed E-state index contributed by atoms with van der Waals surface area (Å²) in [6.45, 7) is -5.45. The van der Waals surface area contributed by atoms with Crippen molar-refractivity contribution in [3.8, 4) is 11.5 Å². The predicted molar refractivity (Wildman–Crippen MR) is 123 cm³/mol. The van der Waals surface area contributed by atoms with Crippen molar-refractivity contribution in [1.29, 1.82) is 0 Å². The Morgan fingerprint density at radius 3 is 1.14 bits per heavy atom. The maximum absolute atomic E-state index is 5.61. The SMILES string of the molecule is COP(=S)(OC)Oc1ccc(Sc2ccc(OP(=S)(OC)OC)cc2)cc1.[CaH2]. The molecule has 0 aromatic heterocycles. The summed E-state index contributed by atoms with van der Waals surface area (Å²) < 4.78 is 31.7. The van der Waals surface area contributed by atoms with Gasteiger partial charge in [0.15, 0.2) is 0 Å². The van der Waals surface area contributed by atoms with Crippen LogP contribution in [0.1, 0.15) is 0 Å². The van der Waals surface area contributed by atoms with Crippen LogP contribution in [-0.2, 0) is 41.7 Å². The van der Waals surface area contributed by atoms with Gasteiger partial charge in [-0.25, -0.2) is 0 Å². The molecule has 0 radical (unpaired) electrons. The second kappa shape index (κ2) is 12.6. The summed E-state index contributed by atoms with van der Waals surface area (Å²) in [5.41, 5.74) is 0. The summed E-state index contributed by atoms with van der Waals surface area (Å²) >= 11 is 12.0. The molecule has 2 aromatic carbocycles. The van der Waals surface area contributed by atoms with Gasteiger partial charge >= 0.3 is 51.2 Å². The Morgan fingerprint density at radius 1 is 0.607 bits per heavy atom. The first-order valence-corrected chi connectivity index (χ1v) is 13.5. The molecule has 2 rings (SSSR count). The van der Waals surface area contributed by atoms with E-state index in [1.165, 1.54) is 28.4 Å². The molecule has 0 aliphatic heterocycles. The van der Waals surface area contributed by atoms with Gasteiger partial charge in [0.25, 0.3) is 0 Å². The first kappa shape index (κ1) is 26.8. The van der Waals surface area contributed by atoms with Crippen molar-refractivity contribution >= 4 is 86.6 Å². The molecule has 0 amide bonds. The van der Waals surface area contributed by atoms with E-state index >= 15 is 0 Å². The van der Waals surface area contributed by atoms with Gasteiger partial charge < -0.3 is 27.1 Å². The molecule has 0 unspecified atom stereocenters. The Labute approximate surface area is 210 Å². The molecule has 2 aromatic rings. The predicted octanol–water partition coefficient (Wildman–Crippen LogP) is 4.71. The van der Waals surface area contributed by atoms with Gasteiger partial charge in [0.05, 0.1) is 0 Å². The van der Waals surface area contributed by atoms with E-state index in [2.05, 4.69) is 0 Å². The molecule has 0 atom stereocenters. The zero-order chi connectivity index (χ0) is 19.9. The van der Waals surface area contributed by atoms with Gasteiger partial charge in [0, 0.05) is 61.8 Å². The summed E-state index contributed by atoms with van der Waals surface area (Å²) in [7, 11) is 5.89. The quantitative estimate of drug-likeness (QED) is 0.335. The minimum absolute atomic E-state index is 0. The van der Waals surface area contributed by atoms with E-state index in [9.17, 15) is 0 Å². The van der Waals surface area contributed by atoms with Crippen molar-refractivity contribution in [2.24, 2.45) is 0 Å². The number of benzene rings is 2. The Kier molecular flexibility index (Phi) is 12.1. The van der Waals surface area contributed by atoms with E-state index in [-0.39, 0.29) is 37.7 Å². The maximum atomic E-state index is 5.61. The zero-order valence-electron chi connectivity index (χ0n) is 15.2. The van der Waals surface area contributed by atoms with Gasteiger partial charge in [-0.2, -0.15) is 0 Å². The van der Waals surface area contributed by atoms with Crippen LogP contribution in [0.4, 0.5) is 0 Å². The fourth-order valence-electron chi connectivity index (χ4n) is 1.83. The molecular weight excluding hydrogens is 486 g/mol. The van der Waals surface area contributed by atoms with Crippen molar-refractivity contribution < 1.29 is 27.1 Å². The van der Waals surface area contributed by atoms with Gasteiger partial charge in [0.1, 0.15) is 11.5 Å². The third-order valence-electron chi connectivity index (χ3n) is 3.21. The number of hydrogen-bond acceptors (Lipinski definition) is 9. The van der Waals surface area contributed by atoms with E-state index in [4.69, 9.17) is 50.8 Å². The Hall–Kier alpha value is 0.790. The Balaban J connectivity index is 0.00000392. The van der Waals surface area contributed by atoms with Crippen molar-refractivity contribution in [2.45, 2.75) is 9.79 Å². The van der Waals surface area contributed by atoms with Crippen LogP contribution in [-0.4, -0.2) is 66.2 Å². The normalized spacial score (nSPS) is 11.6. The molecule has 0 spiro atoms. The Morgan fingerprint density at radius 2 is 0.893 bits per heavy atom. The summed E-state index contributed by atoms with van der Waals surface area (Å²) in [4.78, 5) is 2.08. The standard InChI is InChI=1S/C16H20O6P2S3.Ca.2H/c1-17-23(25,18-2)21-13-5-9-15(10-6-13)27-16-11-7-14(8-12-16)22-24(26,19-3)20-4;;;/h5-12H,1-4H3;;;. The first-order chi connectivity index (χ1) is 12.8. The second-order valence-electron chi connectivity index (χ2n) is 4.85. The van der Waals surface area contributed by atoms with Crippen LogP contribution in [0.5, 0.6) is 11.5 Å². The molecule has 152 valence electrons. The molecule has 12 heteroatoms. The van der Waals surface area contributed by atoms with E-state index in [1.54, 1.807) is 11.8 Å². The fourth-order valence-corrected chi connectivity index (χ4v) is 4.52. The molecule has 0 saturated carbocycles. The van der Waals surface area contributed by atoms with Gasteiger partial charge in [-0.1, -0.05) is 11.8 Å². The molecule has 0 aliphatic carbocycles. The zero-order valence-corrected chi connectivity index (χ0v) is 19.4. The molecular formula is C16H22CaO6P2S3. The van der Waals surface area contributed by atoms with E-state index in [0.29, 0.717) is 11.5 Å².